The molecule has 0 amide bonds. The van der Waals surface area contributed by atoms with Crippen LogP contribution in [0.4, 0.5) is 4.39 Å². The third kappa shape index (κ3) is 3.59. The van der Waals surface area contributed by atoms with Crippen molar-refractivity contribution in [2.45, 2.75) is 58.8 Å². The summed E-state index contributed by atoms with van der Waals surface area (Å²) in [5, 5.41) is 4.60. The lowest BCUT2D eigenvalue weighted by molar-refractivity contribution is 0.00578. The molecule has 0 bridgehead atoms. The Bertz CT molecular complexity index is 786. The van der Waals surface area contributed by atoms with Crippen molar-refractivity contribution in [2.75, 3.05) is 0 Å². The first-order valence-corrected chi connectivity index (χ1v) is 8.91. The first-order chi connectivity index (χ1) is 12.2. The van der Waals surface area contributed by atoms with Gasteiger partial charge >= 0.3 is 7.12 Å². The molecule has 1 aliphatic heterocycles. The molecule has 2 aromatic heterocycles. The van der Waals surface area contributed by atoms with Crippen LogP contribution in [0.2, 0.25) is 0 Å². The van der Waals surface area contributed by atoms with Gasteiger partial charge in [-0.1, -0.05) is 6.08 Å². The van der Waals surface area contributed by atoms with E-state index < -0.39 is 24.0 Å². The molecular formula is C19H25BFN3O2. The molecule has 138 valence electrons. The Morgan fingerprint density at radius 2 is 1.81 bits per heavy atom. The van der Waals surface area contributed by atoms with Crippen LogP contribution in [0.1, 0.15) is 40.2 Å². The lowest BCUT2D eigenvalue weighted by Gasteiger charge is -2.32. The molecule has 3 rings (SSSR count). The molecule has 3 heterocycles. The number of hydrogen-bond acceptors (Lipinski definition) is 4. The first kappa shape index (κ1) is 18.8. The second-order valence-electron chi connectivity index (χ2n) is 7.48. The number of pyridine rings is 1. The highest BCUT2D eigenvalue weighted by molar-refractivity contribution is 6.53. The largest absolute Gasteiger partial charge is 0.524 e. The van der Waals surface area contributed by atoms with Gasteiger partial charge in [-0.2, -0.15) is 5.10 Å². The molecule has 0 atom stereocenters. The summed E-state index contributed by atoms with van der Waals surface area (Å²) < 4.78 is 28.1. The van der Waals surface area contributed by atoms with Gasteiger partial charge in [0.2, 0.25) is 0 Å². The third-order valence-electron chi connectivity index (χ3n) is 5.11. The molecule has 7 heteroatoms. The van der Waals surface area contributed by atoms with Crippen LogP contribution in [0.3, 0.4) is 0 Å². The molecule has 2 aromatic rings. The van der Waals surface area contributed by atoms with Crippen LogP contribution < -0.4 is 0 Å². The molecule has 0 aliphatic carbocycles. The minimum atomic E-state index is -0.967. The summed E-state index contributed by atoms with van der Waals surface area (Å²) in [6, 6.07) is 3.81. The Labute approximate surface area is 154 Å². The third-order valence-corrected chi connectivity index (χ3v) is 5.11. The highest BCUT2D eigenvalue weighted by atomic mass is 19.1. The van der Waals surface area contributed by atoms with E-state index in [-0.39, 0.29) is 0 Å². The maximum atomic E-state index is 14.7. The van der Waals surface area contributed by atoms with E-state index in [0.717, 1.165) is 23.4 Å². The van der Waals surface area contributed by atoms with Crippen molar-refractivity contribution >= 4 is 7.12 Å². The maximum Gasteiger partial charge on any atom is 0.524 e. The average molecular weight is 357 g/mol. The number of allylic oxidation sites excluding steroid dienone is 1. The second-order valence-corrected chi connectivity index (χ2v) is 7.48. The van der Waals surface area contributed by atoms with Crippen molar-refractivity contribution in [3.63, 3.8) is 0 Å². The molecule has 1 aliphatic rings. The van der Waals surface area contributed by atoms with Crippen LogP contribution in [-0.4, -0.2) is 33.1 Å². The summed E-state index contributed by atoms with van der Waals surface area (Å²) in [7, 11) is -0.967. The molecule has 1 fully saturated rings. The van der Waals surface area contributed by atoms with Crippen LogP contribution in [0.15, 0.2) is 42.5 Å². The van der Waals surface area contributed by atoms with Crippen molar-refractivity contribution in [3.8, 4) is 11.3 Å². The predicted molar refractivity (Wildman–Crippen MR) is 100 cm³/mol. The summed E-state index contributed by atoms with van der Waals surface area (Å²) in [4.78, 5) is 4.04. The average Bonchev–Trinajstić information content (AvgIpc) is 3.11. The number of nitrogens with zero attached hydrogens (tertiary/aromatic N) is 3. The predicted octanol–water partition coefficient (Wildman–Crippen LogP) is 3.99. The van der Waals surface area contributed by atoms with Gasteiger partial charge in [0.15, 0.2) is 0 Å². The molecular weight excluding hydrogens is 332 g/mol. The number of halogens is 1. The molecule has 26 heavy (non-hydrogen) atoms. The fourth-order valence-electron chi connectivity index (χ4n) is 2.79. The summed E-state index contributed by atoms with van der Waals surface area (Å²) in [5.41, 5.74) is 1.23. The van der Waals surface area contributed by atoms with Crippen molar-refractivity contribution in [3.05, 3.63) is 48.1 Å². The van der Waals surface area contributed by atoms with E-state index >= 15 is 0 Å². The van der Waals surface area contributed by atoms with Crippen molar-refractivity contribution in [1.29, 1.82) is 0 Å². The SMILES string of the molecule is CCn1cc(CC=C(F)B2OC(C)(C)C(C)(C)O2)c(-c2ccncc2)n1. The van der Waals surface area contributed by atoms with Crippen LogP contribution in [0, 0.1) is 0 Å². The zero-order valence-electron chi connectivity index (χ0n) is 16.0. The van der Waals surface area contributed by atoms with Crippen LogP contribution in [-0.2, 0) is 22.3 Å². The highest BCUT2D eigenvalue weighted by Gasteiger charge is 2.52. The Kier molecular flexibility index (Phi) is 5.04. The summed E-state index contributed by atoms with van der Waals surface area (Å²) in [6.45, 7) is 10.4. The molecule has 0 N–H and O–H groups in total. The maximum absolute atomic E-state index is 14.7. The topological polar surface area (TPSA) is 49.2 Å². The zero-order chi connectivity index (χ0) is 18.9. The molecule has 0 unspecified atom stereocenters. The van der Waals surface area contributed by atoms with E-state index in [1.165, 1.54) is 6.08 Å². The Morgan fingerprint density at radius 1 is 1.19 bits per heavy atom. The standard InChI is InChI=1S/C19H25BFN3O2/c1-6-24-13-15(17(23-24)14-9-11-22-12-10-14)7-8-16(21)20-25-18(2,3)19(4,5)26-20/h8-13H,6-7H2,1-5H3. The van der Waals surface area contributed by atoms with E-state index in [9.17, 15) is 4.39 Å². The lowest BCUT2D eigenvalue weighted by atomic mass is 9.87. The summed E-state index contributed by atoms with van der Waals surface area (Å²) in [5.74, 6) is 0. The molecule has 0 saturated carbocycles. The van der Waals surface area contributed by atoms with E-state index in [0.29, 0.717) is 6.42 Å². The van der Waals surface area contributed by atoms with Gasteiger partial charge in [-0.15, -0.1) is 0 Å². The summed E-state index contributed by atoms with van der Waals surface area (Å²) in [6.07, 6.45) is 7.33. The monoisotopic (exact) mass is 357 g/mol. The van der Waals surface area contributed by atoms with Crippen LogP contribution in [0.25, 0.3) is 11.3 Å². The molecule has 0 radical (unpaired) electrons. The molecule has 0 spiro atoms. The fraction of sp³-hybridized carbons (Fsp3) is 0.474. The van der Waals surface area contributed by atoms with Gasteiger partial charge in [0.25, 0.3) is 0 Å². The number of hydrogen-bond donors (Lipinski definition) is 0. The van der Waals surface area contributed by atoms with Crippen molar-refractivity contribution in [2.24, 2.45) is 0 Å². The van der Waals surface area contributed by atoms with Gasteiger partial charge < -0.3 is 9.31 Å². The number of rotatable bonds is 5. The van der Waals surface area contributed by atoms with E-state index in [4.69, 9.17) is 9.31 Å². The minimum absolute atomic E-state index is 0.409. The molecule has 5 nitrogen and oxygen atoms in total. The van der Waals surface area contributed by atoms with E-state index in [1.807, 2.05) is 57.6 Å². The number of aryl methyl sites for hydroxylation is 1. The summed E-state index contributed by atoms with van der Waals surface area (Å²) >= 11 is 0. The van der Waals surface area contributed by atoms with Crippen molar-refractivity contribution in [1.82, 2.24) is 14.8 Å². The van der Waals surface area contributed by atoms with Gasteiger partial charge in [-0.05, 0) is 53.2 Å². The quantitative estimate of drug-likeness (QED) is 0.760. The first-order valence-electron chi connectivity index (χ1n) is 8.91. The zero-order valence-corrected chi connectivity index (χ0v) is 16.0. The normalized spacial score (nSPS) is 19.2. The van der Waals surface area contributed by atoms with Gasteiger partial charge in [-0.25, -0.2) is 4.39 Å². The van der Waals surface area contributed by atoms with Gasteiger partial charge in [-0.3, -0.25) is 9.67 Å². The Morgan fingerprint density at radius 3 is 2.38 bits per heavy atom. The number of aromatic nitrogens is 3. The van der Waals surface area contributed by atoms with Gasteiger partial charge in [0.1, 0.15) is 5.73 Å². The van der Waals surface area contributed by atoms with Gasteiger partial charge in [0.05, 0.1) is 16.9 Å². The second kappa shape index (κ2) is 6.97. The molecule has 1 saturated heterocycles. The van der Waals surface area contributed by atoms with Crippen LogP contribution >= 0.6 is 0 Å². The highest BCUT2D eigenvalue weighted by Crippen LogP contribution is 2.38. The smallest absolute Gasteiger partial charge is 0.398 e. The minimum Gasteiger partial charge on any atom is -0.398 e. The molecule has 0 aromatic carbocycles. The fourth-order valence-corrected chi connectivity index (χ4v) is 2.79. The van der Waals surface area contributed by atoms with Crippen LogP contribution in [0.5, 0.6) is 0 Å². The van der Waals surface area contributed by atoms with Gasteiger partial charge in [0, 0.05) is 36.3 Å². The van der Waals surface area contributed by atoms with Crippen molar-refractivity contribution < 1.29 is 13.7 Å². The lowest BCUT2D eigenvalue weighted by Crippen LogP contribution is -2.41. The Balaban J connectivity index is 1.81. The van der Waals surface area contributed by atoms with E-state index in [1.54, 1.807) is 12.4 Å². The van der Waals surface area contributed by atoms with E-state index in [2.05, 4.69) is 10.1 Å². The Hall–Kier alpha value is -1.99.